The van der Waals surface area contributed by atoms with Gasteiger partial charge in [-0.15, -0.1) is 0 Å². The second kappa shape index (κ2) is 8.44. The number of nitrogens with one attached hydrogen (secondary N) is 1. The van der Waals surface area contributed by atoms with Gasteiger partial charge in [0.2, 0.25) is 11.8 Å². The van der Waals surface area contributed by atoms with E-state index in [4.69, 9.17) is 0 Å². The summed E-state index contributed by atoms with van der Waals surface area (Å²) in [6.07, 6.45) is 1.50. The normalized spacial score (nSPS) is 17.8. The zero-order valence-corrected chi connectivity index (χ0v) is 16.0. The van der Waals surface area contributed by atoms with E-state index < -0.39 is 0 Å². The molecule has 146 valence electrons. The van der Waals surface area contributed by atoms with Gasteiger partial charge in [0, 0.05) is 56.2 Å². The summed E-state index contributed by atoms with van der Waals surface area (Å²) < 4.78 is 0. The molecule has 0 spiro atoms. The lowest BCUT2D eigenvalue weighted by Crippen LogP contribution is -2.48. The van der Waals surface area contributed by atoms with Crippen LogP contribution in [0.15, 0.2) is 54.6 Å². The Balaban J connectivity index is 1.29. The molecule has 0 atom stereocenters. The first-order valence-electron chi connectivity index (χ1n) is 9.92. The molecule has 2 aromatic rings. The number of rotatable bonds is 5. The number of benzene rings is 2. The zero-order valence-electron chi connectivity index (χ0n) is 16.0. The minimum atomic E-state index is -0.0157. The van der Waals surface area contributed by atoms with E-state index in [9.17, 15) is 9.59 Å². The van der Waals surface area contributed by atoms with Crippen LogP contribution in [0.3, 0.4) is 0 Å². The topological polar surface area (TPSA) is 55.9 Å². The Hall–Kier alpha value is -2.86. The monoisotopic (exact) mass is 378 g/mol. The van der Waals surface area contributed by atoms with Crippen LogP contribution in [0, 0.1) is 0 Å². The van der Waals surface area contributed by atoms with Gasteiger partial charge in [0.1, 0.15) is 0 Å². The average molecular weight is 378 g/mol. The molecule has 28 heavy (non-hydrogen) atoms. The molecule has 0 saturated carbocycles. The molecule has 6 heteroatoms. The molecule has 0 bridgehead atoms. The summed E-state index contributed by atoms with van der Waals surface area (Å²) in [5.41, 5.74) is 2.83. The number of anilines is 3. The zero-order chi connectivity index (χ0) is 19.3. The van der Waals surface area contributed by atoms with Crippen LogP contribution in [0.4, 0.5) is 17.1 Å². The van der Waals surface area contributed by atoms with Gasteiger partial charge in [-0.3, -0.25) is 14.5 Å². The molecule has 2 aliphatic rings. The molecule has 0 aliphatic carbocycles. The molecule has 0 radical (unpaired) electrons. The highest BCUT2D eigenvalue weighted by Crippen LogP contribution is 2.24. The lowest BCUT2D eigenvalue weighted by atomic mass is 10.2. The smallest absolute Gasteiger partial charge is 0.238 e. The SMILES string of the molecule is O=C(CN1CCN(c2ccccc2)CC1)Nc1cccc(N2CCCC2=O)c1. The number of carbonyl (C=O) groups is 2. The highest BCUT2D eigenvalue weighted by Gasteiger charge is 2.22. The van der Waals surface area contributed by atoms with Gasteiger partial charge in [0.05, 0.1) is 6.54 Å². The maximum atomic E-state index is 12.5. The van der Waals surface area contributed by atoms with Crippen molar-refractivity contribution in [3.63, 3.8) is 0 Å². The summed E-state index contributed by atoms with van der Waals surface area (Å²) >= 11 is 0. The molecule has 4 rings (SSSR count). The molecule has 2 aliphatic heterocycles. The minimum absolute atomic E-state index is 0.0157. The van der Waals surface area contributed by atoms with Gasteiger partial charge in [-0.2, -0.15) is 0 Å². The lowest BCUT2D eigenvalue weighted by molar-refractivity contribution is -0.118. The Morgan fingerprint density at radius 1 is 0.893 bits per heavy atom. The van der Waals surface area contributed by atoms with Gasteiger partial charge in [0.25, 0.3) is 0 Å². The van der Waals surface area contributed by atoms with E-state index in [0.717, 1.165) is 50.5 Å². The van der Waals surface area contributed by atoms with E-state index in [2.05, 4.69) is 39.4 Å². The van der Waals surface area contributed by atoms with Crippen molar-refractivity contribution in [1.82, 2.24) is 4.90 Å². The Morgan fingerprint density at radius 2 is 1.64 bits per heavy atom. The van der Waals surface area contributed by atoms with E-state index in [1.54, 1.807) is 4.90 Å². The maximum Gasteiger partial charge on any atom is 0.238 e. The molecule has 2 aromatic carbocycles. The third kappa shape index (κ3) is 4.34. The van der Waals surface area contributed by atoms with Crippen LogP contribution in [0.2, 0.25) is 0 Å². The minimum Gasteiger partial charge on any atom is -0.369 e. The Bertz CT molecular complexity index is 831. The third-order valence-corrected chi connectivity index (χ3v) is 5.38. The summed E-state index contributed by atoms with van der Waals surface area (Å²) in [4.78, 5) is 30.7. The number of para-hydroxylation sites is 1. The maximum absolute atomic E-state index is 12.5. The van der Waals surface area contributed by atoms with Crippen molar-refractivity contribution in [2.45, 2.75) is 12.8 Å². The van der Waals surface area contributed by atoms with E-state index >= 15 is 0 Å². The molecular weight excluding hydrogens is 352 g/mol. The second-order valence-electron chi connectivity index (χ2n) is 7.35. The number of hydrogen-bond donors (Lipinski definition) is 1. The lowest BCUT2D eigenvalue weighted by Gasteiger charge is -2.35. The number of amides is 2. The number of carbonyl (C=O) groups excluding carboxylic acids is 2. The van der Waals surface area contributed by atoms with Gasteiger partial charge >= 0.3 is 0 Å². The van der Waals surface area contributed by atoms with Crippen LogP contribution >= 0.6 is 0 Å². The molecule has 2 amide bonds. The van der Waals surface area contributed by atoms with Crippen molar-refractivity contribution < 1.29 is 9.59 Å². The van der Waals surface area contributed by atoms with Crippen molar-refractivity contribution in [3.05, 3.63) is 54.6 Å². The summed E-state index contributed by atoms with van der Waals surface area (Å²) in [5, 5.41) is 2.98. The summed E-state index contributed by atoms with van der Waals surface area (Å²) in [5.74, 6) is 0.137. The first kappa shape index (κ1) is 18.5. The number of nitrogens with zero attached hydrogens (tertiary/aromatic N) is 3. The van der Waals surface area contributed by atoms with E-state index in [1.807, 2.05) is 30.3 Å². The van der Waals surface area contributed by atoms with Gasteiger partial charge in [0.15, 0.2) is 0 Å². The van der Waals surface area contributed by atoms with Gasteiger partial charge in [-0.05, 0) is 36.8 Å². The average Bonchev–Trinajstić information content (AvgIpc) is 3.15. The van der Waals surface area contributed by atoms with Gasteiger partial charge < -0.3 is 15.1 Å². The Labute approximate surface area is 165 Å². The fraction of sp³-hybridized carbons (Fsp3) is 0.364. The van der Waals surface area contributed by atoms with E-state index in [0.29, 0.717) is 13.0 Å². The van der Waals surface area contributed by atoms with Crippen molar-refractivity contribution in [2.75, 3.05) is 54.4 Å². The molecule has 2 saturated heterocycles. The first-order chi connectivity index (χ1) is 13.7. The van der Waals surface area contributed by atoms with Crippen LogP contribution in [0.1, 0.15) is 12.8 Å². The first-order valence-corrected chi connectivity index (χ1v) is 9.92. The molecule has 2 heterocycles. The molecule has 2 fully saturated rings. The second-order valence-corrected chi connectivity index (χ2v) is 7.35. The van der Waals surface area contributed by atoms with Crippen molar-refractivity contribution in [3.8, 4) is 0 Å². The molecule has 1 N–H and O–H groups in total. The highest BCUT2D eigenvalue weighted by atomic mass is 16.2. The van der Waals surface area contributed by atoms with Crippen LogP contribution in [-0.4, -0.2) is 56.0 Å². The van der Waals surface area contributed by atoms with Crippen molar-refractivity contribution in [2.24, 2.45) is 0 Å². The molecule has 6 nitrogen and oxygen atoms in total. The van der Waals surface area contributed by atoms with Crippen LogP contribution in [-0.2, 0) is 9.59 Å². The number of piperazine rings is 1. The predicted molar refractivity (Wildman–Crippen MR) is 112 cm³/mol. The highest BCUT2D eigenvalue weighted by molar-refractivity contribution is 5.97. The Morgan fingerprint density at radius 3 is 2.36 bits per heavy atom. The summed E-state index contributed by atoms with van der Waals surface area (Å²) in [6, 6.07) is 17.9. The van der Waals surface area contributed by atoms with Crippen LogP contribution in [0.5, 0.6) is 0 Å². The van der Waals surface area contributed by atoms with Gasteiger partial charge in [-0.1, -0.05) is 24.3 Å². The van der Waals surface area contributed by atoms with Crippen molar-refractivity contribution >= 4 is 28.9 Å². The molecular formula is C22H26N4O2. The van der Waals surface area contributed by atoms with Crippen LogP contribution in [0.25, 0.3) is 0 Å². The molecule has 0 unspecified atom stereocenters. The quantitative estimate of drug-likeness (QED) is 0.869. The fourth-order valence-corrected chi connectivity index (χ4v) is 3.88. The summed E-state index contributed by atoms with van der Waals surface area (Å²) in [7, 11) is 0. The van der Waals surface area contributed by atoms with Crippen LogP contribution < -0.4 is 15.1 Å². The number of hydrogen-bond acceptors (Lipinski definition) is 4. The third-order valence-electron chi connectivity index (χ3n) is 5.38. The Kier molecular flexibility index (Phi) is 5.58. The molecule has 0 aromatic heterocycles. The largest absolute Gasteiger partial charge is 0.369 e. The van der Waals surface area contributed by atoms with Crippen molar-refractivity contribution in [1.29, 1.82) is 0 Å². The predicted octanol–water partition coefficient (Wildman–Crippen LogP) is 2.57. The van der Waals surface area contributed by atoms with Gasteiger partial charge in [-0.25, -0.2) is 0 Å². The summed E-state index contributed by atoms with van der Waals surface area (Å²) in [6.45, 7) is 4.71. The van der Waals surface area contributed by atoms with E-state index in [1.165, 1.54) is 5.69 Å². The fourth-order valence-electron chi connectivity index (χ4n) is 3.88. The van der Waals surface area contributed by atoms with E-state index in [-0.39, 0.29) is 11.8 Å². The standard InChI is InChI=1S/C22H26N4O2/c27-21(17-24-12-14-25(15-13-24)19-7-2-1-3-8-19)23-18-6-4-9-20(16-18)26-11-5-10-22(26)28/h1-4,6-9,16H,5,10-15,17H2,(H,23,27).